The molecule has 2 atom stereocenters. The monoisotopic (exact) mass is 426 g/mol. The molecule has 0 saturated carbocycles. The van der Waals surface area contributed by atoms with Gasteiger partial charge in [0.1, 0.15) is 5.25 Å². The van der Waals surface area contributed by atoms with Crippen LogP contribution in [0.5, 0.6) is 0 Å². The van der Waals surface area contributed by atoms with E-state index in [9.17, 15) is 21.6 Å². The van der Waals surface area contributed by atoms with Gasteiger partial charge in [-0.15, -0.1) is 0 Å². The molecule has 0 bridgehead atoms. The van der Waals surface area contributed by atoms with Crippen LogP contribution in [0.1, 0.15) is 28.3 Å². The van der Waals surface area contributed by atoms with Gasteiger partial charge in [0, 0.05) is 20.1 Å². The normalized spacial score (nSPS) is 23.9. The molecule has 2 aliphatic heterocycles. The summed E-state index contributed by atoms with van der Waals surface area (Å²) in [5.74, 6) is 0. The molecule has 2 unspecified atom stereocenters. The van der Waals surface area contributed by atoms with Crippen LogP contribution < -0.4 is 0 Å². The zero-order valence-electron chi connectivity index (χ0n) is 15.8. The number of benzene rings is 2. The molecule has 156 valence electrons. The number of nitrogens with zero attached hydrogens (tertiary/aromatic N) is 2. The molecule has 5 nitrogen and oxygen atoms in total. The van der Waals surface area contributed by atoms with Gasteiger partial charge < -0.3 is 0 Å². The summed E-state index contributed by atoms with van der Waals surface area (Å²) in [6.07, 6.45) is -3.90. The molecule has 2 aliphatic rings. The summed E-state index contributed by atoms with van der Waals surface area (Å²) in [4.78, 5) is 5.45. The number of hydrogen-bond acceptors (Lipinski definition) is 4. The summed E-state index contributed by atoms with van der Waals surface area (Å²) < 4.78 is 67.7. The second-order valence-electron chi connectivity index (χ2n) is 7.35. The molecule has 0 aromatic heterocycles. The van der Waals surface area contributed by atoms with E-state index in [1.54, 1.807) is 7.05 Å². The fraction of sp³-hybridized carbons (Fsp3) is 0.400. The van der Waals surface area contributed by atoms with E-state index in [0.29, 0.717) is 13.0 Å². The van der Waals surface area contributed by atoms with E-state index in [1.807, 2.05) is 24.3 Å². The topological polar surface area (TPSA) is 49.9 Å². The van der Waals surface area contributed by atoms with Crippen molar-refractivity contribution in [1.29, 1.82) is 0 Å². The maximum atomic E-state index is 13.4. The number of halogens is 3. The number of hydrogen-bond donors (Lipinski definition) is 0. The van der Waals surface area contributed by atoms with Crippen LogP contribution in [-0.4, -0.2) is 43.2 Å². The van der Waals surface area contributed by atoms with Gasteiger partial charge in [-0.05, 0) is 35.2 Å². The van der Waals surface area contributed by atoms with Gasteiger partial charge in [0.2, 0.25) is 10.0 Å². The Kier molecular flexibility index (Phi) is 5.18. The second kappa shape index (κ2) is 7.39. The lowest BCUT2D eigenvalue weighted by Crippen LogP contribution is -2.44. The van der Waals surface area contributed by atoms with E-state index in [-0.39, 0.29) is 18.7 Å². The molecular formula is C20H21F3N2O3S. The maximum Gasteiger partial charge on any atom is 0.416 e. The highest BCUT2D eigenvalue weighted by atomic mass is 32.2. The summed E-state index contributed by atoms with van der Waals surface area (Å²) in [6, 6.07) is 11.6. The first-order valence-electron chi connectivity index (χ1n) is 9.26. The Morgan fingerprint density at radius 1 is 1.07 bits per heavy atom. The summed E-state index contributed by atoms with van der Waals surface area (Å²) in [6.45, 7) is 0.501. The molecule has 4 rings (SSSR count). The highest BCUT2D eigenvalue weighted by Crippen LogP contribution is 2.38. The van der Waals surface area contributed by atoms with Crippen LogP contribution in [0.4, 0.5) is 13.2 Å². The molecule has 1 saturated heterocycles. The van der Waals surface area contributed by atoms with Gasteiger partial charge in [0.25, 0.3) is 0 Å². The summed E-state index contributed by atoms with van der Waals surface area (Å²) >= 11 is 0. The molecule has 0 radical (unpaired) electrons. The molecule has 2 aromatic carbocycles. The van der Waals surface area contributed by atoms with E-state index in [0.717, 1.165) is 23.3 Å². The summed E-state index contributed by atoms with van der Waals surface area (Å²) in [7, 11) is -2.25. The molecule has 0 spiro atoms. The highest BCUT2D eigenvalue weighted by Gasteiger charge is 2.46. The van der Waals surface area contributed by atoms with E-state index in [1.165, 1.54) is 21.5 Å². The van der Waals surface area contributed by atoms with Crippen LogP contribution in [0, 0.1) is 0 Å². The molecule has 0 aliphatic carbocycles. The Morgan fingerprint density at radius 2 is 1.79 bits per heavy atom. The summed E-state index contributed by atoms with van der Waals surface area (Å²) in [5.41, 5.74) is 1.53. The third-order valence-corrected chi connectivity index (χ3v) is 7.77. The Bertz CT molecular complexity index is 1010. The quantitative estimate of drug-likeness (QED) is 0.755. The first-order valence-corrected chi connectivity index (χ1v) is 10.8. The predicted octanol–water partition coefficient (Wildman–Crippen LogP) is 3.38. The first kappa shape index (κ1) is 20.3. The molecule has 29 heavy (non-hydrogen) atoms. The minimum Gasteiger partial charge on any atom is -0.297 e. The van der Waals surface area contributed by atoms with E-state index in [4.69, 9.17) is 4.84 Å². The van der Waals surface area contributed by atoms with E-state index >= 15 is 0 Å². The minimum atomic E-state index is -4.50. The van der Waals surface area contributed by atoms with Gasteiger partial charge in [-0.2, -0.15) is 22.5 Å². The molecule has 9 heteroatoms. The molecule has 2 aromatic rings. The fourth-order valence-electron chi connectivity index (χ4n) is 4.05. The number of alkyl halides is 3. The van der Waals surface area contributed by atoms with Crippen molar-refractivity contribution in [3.8, 4) is 0 Å². The van der Waals surface area contributed by atoms with Crippen LogP contribution in [-0.2, 0) is 34.0 Å². The smallest absolute Gasteiger partial charge is 0.297 e. The predicted molar refractivity (Wildman–Crippen MR) is 101 cm³/mol. The van der Waals surface area contributed by atoms with Crippen LogP contribution in [0.15, 0.2) is 48.5 Å². The van der Waals surface area contributed by atoms with Crippen LogP contribution in [0.25, 0.3) is 0 Å². The average Bonchev–Trinajstić information content (AvgIpc) is 3.09. The Morgan fingerprint density at radius 3 is 2.52 bits per heavy atom. The van der Waals surface area contributed by atoms with E-state index < -0.39 is 33.1 Å². The van der Waals surface area contributed by atoms with Crippen LogP contribution in [0.3, 0.4) is 0 Å². The molecular weight excluding hydrogens is 405 g/mol. The SMILES string of the molecule is CN1OCC(S(=O)(=O)N2CCc3ccccc3C2)C1c1cccc(C(F)(F)F)c1. The van der Waals surface area contributed by atoms with Crippen molar-refractivity contribution in [2.24, 2.45) is 0 Å². The van der Waals surface area contributed by atoms with Gasteiger partial charge >= 0.3 is 6.18 Å². The van der Waals surface area contributed by atoms with Gasteiger partial charge in [0.15, 0.2) is 0 Å². The van der Waals surface area contributed by atoms with Gasteiger partial charge in [-0.1, -0.05) is 36.4 Å². The number of hydroxylamine groups is 2. The molecule has 0 N–H and O–H groups in total. The van der Waals surface area contributed by atoms with Crippen LogP contribution >= 0.6 is 0 Å². The average molecular weight is 426 g/mol. The van der Waals surface area contributed by atoms with Crippen molar-refractivity contribution in [3.05, 3.63) is 70.8 Å². The van der Waals surface area contributed by atoms with Crippen molar-refractivity contribution in [2.45, 2.75) is 30.4 Å². The first-order chi connectivity index (χ1) is 13.7. The largest absolute Gasteiger partial charge is 0.416 e. The number of fused-ring (bicyclic) bond motifs is 1. The Balaban J connectivity index is 1.65. The number of rotatable bonds is 3. The van der Waals surface area contributed by atoms with Gasteiger partial charge in [-0.25, -0.2) is 8.42 Å². The zero-order chi connectivity index (χ0) is 20.8. The number of sulfonamides is 1. The summed E-state index contributed by atoms with van der Waals surface area (Å²) in [5, 5.41) is 0.358. The lowest BCUT2D eigenvalue weighted by molar-refractivity contribution is -0.138. The van der Waals surface area contributed by atoms with Crippen molar-refractivity contribution in [2.75, 3.05) is 20.2 Å². The third kappa shape index (κ3) is 3.79. The van der Waals surface area contributed by atoms with Crippen molar-refractivity contribution < 1.29 is 26.4 Å². The standard InChI is InChI=1S/C20H21F3N2O3S/c1-24-19(15-7-4-8-17(11-15)20(21,22)23)18(13-28-24)29(26,27)25-10-9-14-5-2-3-6-16(14)12-25/h2-8,11,18-19H,9-10,12-13H2,1H3. The lowest BCUT2D eigenvalue weighted by Gasteiger charge is -2.32. The zero-order valence-corrected chi connectivity index (χ0v) is 16.6. The van der Waals surface area contributed by atoms with Gasteiger partial charge in [-0.3, -0.25) is 4.84 Å². The van der Waals surface area contributed by atoms with Crippen molar-refractivity contribution >= 4 is 10.0 Å². The maximum absolute atomic E-state index is 13.4. The third-order valence-electron chi connectivity index (χ3n) is 5.58. The Hall–Kier alpha value is -1.94. The van der Waals surface area contributed by atoms with Gasteiger partial charge in [0.05, 0.1) is 18.2 Å². The van der Waals surface area contributed by atoms with E-state index in [2.05, 4.69) is 0 Å². The molecule has 1 fully saturated rings. The lowest BCUT2D eigenvalue weighted by atomic mass is 10.0. The highest BCUT2D eigenvalue weighted by molar-refractivity contribution is 7.89. The van der Waals surface area contributed by atoms with Crippen LogP contribution in [0.2, 0.25) is 0 Å². The molecule has 0 amide bonds. The second-order valence-corrected chi connectivity index (χ2v) is 9.50. The fourth-order valence-corrected chi connectivity index (χ4v) is 5.98. The minimum absolute atomic E-state index is 0.0993. The van der Waals surface area contributed by atoms with Crippen molar-refractivity contribution in [3.63, 3.8) is 0 Å². The Labute approximate surface area is 167 Å². The van der Waals surface area contributed by atoms with Crippen molar-refractivity contribution in [1.82, 2.24) is 9.37 Å². The molecule has 2 heterocycles.